The van der Waals surface area contributed by atoms with Crippen LogP contribution in [0.5, 0.6) is 0 Å². The monoisotopic (exact) mass is 200 g/mol. The molecule has 0 aliphatic rings. The minimum Gasteiger partial charge on any atom is -0.298 e. The van der Waals surface area contributed by atoms with E-state index in [0.29, 0.717) is 6.29 Å². The quantitative estimate of drug-likeness (QED) is 0.543. The Hall–Kier alpha value is -1.22. The van der Waals surface area contributed by atoms with Crippen molar-refractivity contribution in [3.05, 3.63) is 34.1 Å². The fraction of sp³-hybridized carbons (Fsp3) is 0.111. The Morgan fingerprint density at radius 2 is 2.15 bits per heavy atom. The standard InChI is InChI=1S/C9H6ClFO2/c1-5(13)6-2-7(4-12)9(11)8(10)3-6/h2-4H,1H3. The van der Waals surface area contributed by atoms with Crippen LogP contribution in [0.2, 0.25) is 5.02 Å². The molecule has 0 radical (unpaired) electrons. The number of halogens is 2. The maximum atomic E-state index is 13.0. The van der Waals surface area contributed by atoms with Crippen LogP contribution in [0, 0.1) is 5.82 Å². The van der Waals surface area contributed by atoms with Crippen LogP contribution in [0.25, 0.3) is 0 Å². The highest BCUT2D eigenvalue weighted by Crippen LogP contribution is 2.19. The smallest absolute Gasteiger partial charge is 0.159 e. The molecule has 1 aromatic carbocycles. The first kappa shape index (κ1) is 9.86. The molecule has 0 bridgehead atoms. The van der Waals surface area contributed by atoms with E-state index in [1.807, 2.05) is 0 Å². The number of aldehydes is 1. The van der Waals surface area contributed by atoms with Crippen LogP contribution in [-0.2, 0) is 0 Å². The van der Waals surface area contributed by atoms with Gasteiger partial charge in [-0.25, -0.2) is 4.39 Å². The number of hydrogen-bond donors (Lipinski definition) is 0. The molecular formula is C9H6ClFO2. The molecule has 0 amide bonds. The second-order valence-corrected chi connectivity index (χ2v) is 2.94. The van der Waals surface area contributed by atoms with Crippen molar-refractivity contribution in [3.63, 3.8) is 0 Å². The number of hydrogen-bond acceptors (Lipinski definition) is 2. The Bertz CT molecular complexity index is 374. The summed E-state index contributed by atoms with van der Waals surface area (Å²) in [6, 6.07) is 2.38. The van der Waals surface area contributed by atoms with Crippen LogP contribution in [0.4, 0.5) is 4.39 Å². The fourth-order valence-electron chi connectivity index (χ4n) is 0.899. The van der Waals surface area contributed by atoms with Crippen molar-refractivity contribution < 1.29 is 14.0 Å². The lowest BCUT2D eigenvalue weighted by Crippen LogP contribution is -1.97. The van der Waals surface area contributed by atoms with Gasteiger partial charge < -0.3 is 0 Å². The Balaban J connectivity index is 3.38. The van der Waals surface area contributed by atoms with E-state index in [2.05, 4.69) is 0 Å². The van der Waals surface area contributed by atoms with E-state index in [9.17, 15) is 14.0 Å². The summed E-state index contributed by atoms with van der Waals surface area (Å²) in [6.45, 7) is 1.32. The van der Waals surface area contributed by atoms with Gasteiger partial charge in [0.1, 0.15) is 0 Å². The van der Waals surface area contributed by atoms with E-state index < -0.39 is 5.82 Å². The molecule has 0 unspecified atom stereocenters. The van der Waals surface area contributed by atoms with Crippen LogP contribution in [-0.4, -0.2) is 12.1 Å². The molecule has 0 saturated heterocycles. The van der Waals surface area contributed by atoms with E-state index in [1.54, 1.807) is 0 Å². The lowest BCUT2D eigenvalue weighted by atomic mass is 10.1. The van der Waals surface area contributed by atoms with Crippen LogP contribution in [0.3, 0.4) is 0 Å². The Morgan fingerprint density at radius 3 is 2.62 bits per heavy atom. The van der Waals surface area contributed by atoms with Crippen LogP contribution >= 0.6 is 11.6 Å². The maximum absolute atomic E-state index is 13.0. The van der Waals surface area contributed by atoms with Crippen LogP contribution < -0.4 is 0 Å². The molecular weight excluding hydrogens is 195 g/mol. The third-order valence-corrected chi connectivity index (χ3v) is 1.86. The minimum atomic E-state index is -0.790. The zero-order valence-electron chi connectivity index (χ0n) is 6.80. The summed E-state index contributed by atoms with van der Waals surface area (Å²) in [4.78, 5) is 21.2. The zero-order valence-corrected chi connectivity index (χ0v) is 7.56. The zero-order chi connectivity index (χ0) is 10.0. The largest absolute Gasteiger partial charge is 0.298 e. The first-order valence-electron chi connectivity index (χ1n) is 3.51. The molecule has 0 aliphatic carbocycles. The lowest BCUT2D eigenvalue weighted by molar-refractivity contribution is 0.101. The summed E-state index contributed by atoms with van der Waals surface area (Å²) >= 11 is 5.46. The highest BCUT2D eigenvalue weighted by atomic mass is 35.5. The Labute approximate surface area is 79.3 Å². The van der Waals surface area contributed by atoms with Gasteiger partial charge in [-0.15, -0.1) is 0 Å². The molecule has 1 aromatic rings. The van der Waals surface area contributed by atoms with Crippen molar-refractivity contribution >= 4 is 23.7 Å². The summed E-state index contributed by atoms with van der Waals surface area (Å²) in [7, 11) is 0. The van der Waals surface area contributed by atoms with Gasteiger partial charge in [0, 0.05) is 5.56 Å². The van der Waals surface area contributed by atoms with Gasteiger partial charge in [0.2, 0.25) is 0 Å². The SMILES string of the molecule is CC(=O)c1cc(Cl)c(F)c(C=O)c1. The highest BCUT2D eigenvalue weighted by Gasteiger charge is 2.10. The van der Waals surface area contributed by atoms with E-state index in [-0.39, 0.29) is 21.9 Å². The molecule has 1 rings (SSSR count). The molecule has 0 aliphatic heterocycles. The molecule has 0 fully saturated rings. The van der Waals surface area contributed by atoms with Gasteiger partial charge >= 0.3 is 0 Å². The normalized spacial score (nSPS) is 9.77. The maximum Gasteiger partial charge on any atom is 0.159 e. The molecule has 0 N–H and O–H groups in total. The van der Waals surface area contributed by atoms with Crippen molar-refractivity contribution in [2.45, 2.75) is 6.92 Å². The fourth-order valence-corrected chi connectivity index (χ4v) is 1.13. The molecule has 13 heavy (non-hydrogen) atoms. The van der Waals surface area contributed by atoms with Gasteiger partial charge in [-0.2, -0.15) is 0 Å². The van der Waals surface area contributed by atoms with E-state index in [0.717, 1.165) is 0 Å². The minimum absolute atomic E-state index is 0.197. The molecule has 4 heteroatoms. The van der Waals surface area contributed by atoms with E-state index >= 15 is 0 Å². The molecule has 0 atom stereocenters. The predicted molar refractivity (Wildman–Crippen MR) is 46.8 cm³/mol. The van der Waals surface area contributed by atoms with Crippen molar-refractivity contribution in [1.29, 1.82) is 0 Å². The van der Waals surface area contributed by atoms with Gasteiger partial charge in [0.15, 0.2) is 17.9 Å². The summed E-state index contributed by atoms with van der Waals surface area (Å²) in [5, 5.41) is -0.213. The number of rotatable bonds is 2. The second kappa shape index (κ2) is 3.66. The molecule has 0 spiro atoms. The summed E-state index contributed by atoms with van der Waals surface area (Å²) in [5.41, 5.74) is 0.0335. The number of ketones is 1. The van der Waals surface area contributed by atoms with Crippen LogP contribution in [0.1, 0.15) is 27.6 Å². The van der Waals surface area contributed by atoms with Gasteiger partial charge in [-0.1, -0.05) is 11.6 Å². The number of Topliss-reactive ketones (excluding diaryl/α,β-unsaturated/α-hetero) is 1. The number of carbonyl (C=O) groups is 2. The van der Waals surface area contributed by atoms with Crippen LogP contribution in [0.15, 0.2) is 12.1 Å². The Kier molecular flexibility index (Phi) is 2.78. The van der Waals surface area contributed by atoms with Gasteiger partial charge in [-0.05, 0) is 19.1 Å². The van der Waals surface area contributed by atoms with Gasteiger partial charge in [0.25, 0.3) is 0 Å². The third-order valence-electron chi connectivity index (χ3n) is 1.59. The lowest BCUT2D eigenvalue weighted by Gasteiger charge is -2.00. The predicted octanol–water partition coefficient (Wildman–Crippen LogP) is 2.49. The average Bonchev–Trinajstić information content (AvgIpc) is 2.09. The average molecular weight is 201 g/mol. The highest BCUT2D eigenvalue weighted by molar-refractivity contribution is 6.31. The van der Waals surface area contributed by atoms with Gasteiger partial charge in [-0.3, -0.25) is 9.59 Å². The number of carbonyl (C=O) groups excluding carboxylic acids is 2. The molecule has 68 valence electrons. The van der Waals surface area contributed by atoms with Gasteiger partial charge in [0.05, 0.1) is 10.6 Å². The number of benzene rings is 1. The van der Waals surface area contributed by atoms with E-state index in [1.165, 1.54) is 19.1 Å². The van der Waals surface area contributed by atoms with E-state index in [4.69, 9.17) is 11.6 Å². The summed E-state index contributed by atoms with van der Waals surface area (Å²) < 4.78 is 13.0. The second-order valence-electron chi connectivity index (χ2n) is 2.54. The van der Waals surface area contributed by atoms with Crippen molar-refractivity contribution in [1.82, 2.24) is 0 Å². The summed E-state index contributed by atoms with van der Waals surface area (Å²) in [5.74, 6) is -1.05. The third kappa shape index (κ3) is 1.92. The van der Waals surface area contributed by atoms with Crippen molar-refractivity contribution in [2.24, 2.45) is 0 Å². The summed E-state index contributed by atoms with van der Waals surface area (Å²) in [6.07, 6.45) is 0.327. The Morgan fingerprint density at radius 1 is 1.54 bits per heavy atom. The molecule has 0 aromatic heterocycles. The van der Waals surface area contributed by atoms with Crippen molar-refractivity contribution in [2.75, 3.05) is 0 Å². The first-order valence-corrected chi connectivity index (χ1v) is 3.89. The molecule has 0 saturated carbocycles. The van der Waals surface area contributed by atoms with Crippen molar-refractivity contribution in [3.8, 4) is 0 Å². The topological polar surface area (TPSA) is 34.1 Å². The molecule has 2 nitrogen and oxygen atoms in total. The first-order chi connectivity index (χ1) is 6.06. The molecule has 0 heterocycles.